The lowest BCUT2D eigenvalue weighted by molar-refractivity contribution is -0.112. The van der Waals surface area contributed by atoms with E-state index in [4.69, 9.17) is 14.2 Å². The first-order valence-electron chi connectivity index (χ1n) is 10.3. The van der Waals surface area contributed by atoms with Gasteiger partial charge in [0.15, 0.2) is 11.5 Å². The van der Waals surface area contributed by atoms with Crippen LogP contribution < -0.4 is 19.5 Å². The summed E-state index contributed by atoms with van der Waals surface area (Å²) in [4.78, 5) is 12.6. The van der Waals surface area contributed by atoms with Crippen LogP contribution in [0.5, 0.6) is 17.2 Å². The fourth-order valence-corrected chi connectivity index (χ4v) is 4.19. The molecule has 0 atom stereocenters. The van der Waals surface area contributed by atoms with E-state index in [-0.39, 0.29) is 5.57 Å². The highest BCUT2D eigenvalue weighted by molar-refractivity contribution is 9.11. The Hall–Kier alpha value is -3.28. The number of carbonyl (C=O) groups is 1. The van der Waals surface area contributed by atoms with Crippen LogP contribution in [0.4, 0.5) is 5.69 Å². The van der Waals surface area contributed by atoms with Gasteiger partial charge in [0.1, 0.15) is 24.0 Å². The molecule has 3 aromatic rings. The Morgan fingerprint density at radius 1 is 1.06 bits per heavy atom. The molecule has 0 heterocycles. The zero-order valence-electron chi connectivity index (χ0n) is 18.6. The Kier molecular flexibility index (Phi) is 9.14. The van der Waals surface area contributed by atoms with E-state index in [9.17, 15) is 10.1 Å². The van der Waals surface area contributed by atoms with E-state index >= 15 is 0 Å². The van der Waals surface area contributed by atoms with Crippen molar-refractivity contribution in [3.05, 3.63) is 86.3 Å². The Morgan fingerprint density at radius 2 is 1.88 bits per heavy atom. The number of amides is 1. The van der Waals surface area contributed by atoms with Crippen molar-refractivity contribution in [3.8, 4) is 23.3 Å². The lowest BCUT2D eigenvalue weighted by Gasteiger charge is -2.12. The van der Waals surface area contributed by atoms with Crippen LogP contribution in [0.3, 0.4) is 0 Å². The maximum absolute atomic E-state index is 12.6. The van der Waals surface area contributed by atoms with Crippen molar-refractivity contribution in [2.75, 3.05) is 19.0 Å². The number of hydrogen-bond donors (Lipinski definition) is 1. The monoisotopic (exact) mass is 584 g/mol. The molecule has 0 spiro atoms. The van der Waals surface area contributed by atoms with Crippen molar-refractivity contribution in [3.63, 3.8) is 0 Å². The number of nitrogens with one attached hydrogen (secondary N) is 1. The number of methoxy groups -OCH3 is 1. The molecule has 6 nitrogen and oxygen atoms in total. The topological polar surface area (TPSA) is 80.6 Å². The number of carbonyl (C=O) groups excluding carboxylic acids is 1. The van der Waals surface area contributed by atoms with Crippen LogP contribution in [-0.2, 0) is 11.4 Å². The molecule has 1 N–H and O–H groups in total. The van der Waals surface area contributed by atoms with E-state index < -0.39 is 5.91 Å². The largest absolute Gasteiger partial charge is 0.494 e. The lowest BCUT2D eigenvalue weighted by Crippen LogP contribution is -2.13. The van der Waals surface area contributed by atoms with Gasteiger partial charge < -0.3 is 19.5 Å². The second-order valence-corrected chi connectivity index (χ2v) is 8.79. The predicted octanol–water partition coefficient (Wildman–Crippen LogP) is 6.74. The third-order valence-corrected chi connectivity index (χ3v) is 5.90. The number of rotatable bonds is 9. The molecule has 174 valence electrons. The average Bonchev–Trinajstić information content (AvgIpc) is 2.82. The van der Waals surface area contributed by atoms with Crippen LogP contribution >= 0.6 is 31.9 Å². The van der Waals surface area contributed by atoms with E-state index in [0.717, 1.165) is 14.5 Å². The van der Waals surface area contributed by atoms with Gasteiger partial charge in [0, 0.05) is 26.3 Å². The first-order chi connectivity index (χ1) is 16.4. The van der Waals surface area contributed by atoms with E-state index in [1.165, 1.54) is 13.2 Å². The summed E-state index contributed by atoms with van der Waals surface area (Å²) >= 11 is 6.96. The van der Waals surface area contributed by atoms with Gasteiger partial charge in [-0.05, 0) is 55.0 Å². The fourth-order valence-electron chi connectivity index (χ4n) is 3.03. The molecule has 0 saturated heterocycles. The van der Waals surface area contributed by atoms with Crippen LogP contribution in [0.25, 0.3) is 6.08 Å². The number of anilines is 1. The maximum atomic E-state index is 12.6. The third-order valence-electron chi connectivity index (χ3n) is 4.66. The fraction of sp³-hybridized carbons (Fsp3) is 0.154. The molecule has 0 aromatic heterocycles. The van der Waals surface area contributed by atoms with Gasteiger partial charge in [0.2, 0.25) is 0 Å². The molecule has 1 amide bonds. The van der Waals surface area contributed by atoms with Crippen LogP contribution in [0.15, 0.2) is 75.2 Å². The summed E-state index contributed by atoms with van der Waals surface area (Å²) in [7, 11) is 1.54. The van der Waals surface area contributed by atoms with Crippen LogP contribution in [0, 0.1) is 11.3 Å². The van der Waals surface area contributed by atoms with Crippen molar-refractivity contribution in [2.24, 2.45) is 0 Å². The van der Waals surface area contributed by atoms with Crippen LogP contribution in [0.2, 0.25) is 0 Å². The maximum Gasteiger partial charge on any atom is 0.266 e. The van der Waals surface area contributed by atoms with Gasteiger partial charge >= 0.3 is 0 Å². The van der Waals surface area contributed by atoms with Crippen molar-refractivity contribution in [2.45, 2.75) is 13.5 Å². The number of nitrogens with zero attached hydrogens (tertiary/aromatic N) is 1. The first kappa shape index (κ1) is 25.3. The Labute approximate surface area is 215 Å². The summed E-state index contributed by atoms with van der Waals surface area (Å²) in [6.07, 6.45) is 1.50. The van der Waals surface area contributed by atoms with Gasteiger partial charge in [0.25, 0.3) is 5.91 Å². The molecule has 0 aliphatic carbocycles. The smallest absolute Gasteiger partial charge is 0.266 e. The van der Waals surface area contributed by atoms with Gasteiger partial charge in [-0.15, -0.1) is 0 Å². The normalized spacial score (nSPS) is 10.9. The Morgan fingerprint density at radius 3 is 2.59 bits per heavy atom. The van der Waals surface area contributed by atoms with E-state index in [0.29, 0.717) is 41.7 Å². The SMILES string of the molecule is CCOc1cccc(NC(=O)/C(C#N)=C\c2ccc(OCc3ccc(Br)cc3Br)c(OC)c2)c1. The summed E-state index contributed by atoms with van der Waals surface area (Å²) in [6.45, 7) is 2.74. The summed E-state index contributed by atoms with van der Waals surface area (Å²) in [6, 6.07) is 20.0. The van der Waals surface area contributed by atoms with Crippen molar-refractivity contribution < 1.29 is 19.0 Å². The molecule has 34 heavy (non-hydrogen) atoms. The number of hydrogen-bond acceptors (Lipinski definition) is 5. The van der Waals surface area contributed by atoms with Crippen molar-refractivity contribution in [1.82, 2.24) is 0 Å². The summed E-state index contributed by atoms with van der Waals surface area (Å²) in [5.41, 5.74) is 2.10. The average molecular weight is 586 g/mol. The van der Waals surface area contributed by atoms with Crippen molar-refractivity contribution >= 4 is 49.5 Å². The summed E-state index contributed by atoms with van der Waals surface area (Å²) in [5.74, 6) is 1.16. The molecule has 0 radical (unpaired) electrons. The van der Waals surface area contributed by atoms with Gasteiger partial charge in [-0.3, -0.25) is 4.79 Å². The van der Waals surface area contributed by atoms with E-state index in [2.05, 4.69) is 37.2 Å². The molecule has 0 fully saturated rings. The molecule has 8 heteroatoms. The molecule has 0 saturated carbocycles. The number of nitriles is 1. The molecule has 3 aromatic carbocycles. The molecule has 3 rings (SSSR count). The molecular formula is C26H22Br2N2O4. The molecular weight excluding hydrogens is 564 g/mol. The minimum atomic E-state index is -0.518. The second kappa shape index (κ2) is 12.3. The minimum absolute atomic E-state index is 0.0451. The van der Waals surface area contributed by atoms with Crippen LogP contribution in [-0.4, -0.2) is 19.6 Å². The molecule has 0 bridgehead atoms. The second-order valence-electron chi connectivity index (χ2n) is 7.02. The zero-order chi connectivity index (χ0) is 24.5. The van der Waals surface area contributed by atoms with E-state index in [1.807, 2.05) is 31.2 Å². The number of ether oxygens (including phenoxy) is 3. The first-order valence-corrected chi connectivity index (χ1v) is 11.9. The van der Waals surface area contributed by atoms with Gasteiger partial charge in [-0.1, -0.05) is 50.1 Å². The summed E-state index contributed by atoms with van der Waals surface area (Å²) < 4.78 is 18.7. The van der Waals surface area contributed by atoms with E-state index in [1.54, 1.807) is 42.5 Å². The Balaban J connectivity index is 1.75. The number of halogens is 2. The van der Waals surface area contributed by atoms with Crippen molar-refractivity contribution in [1.29, 1.82) is 5.26 Å². The molecule has 0 aliphatic heterocycles. The lowest BCUT2D eigenvalue weighted by atomic mass is 10.1. The Bertz CT molecular complexity index is 1250. The van der Waals surface area contributed by atoms with Gasteiger partial charge in [-0.2, -0.15) is 5.26 Å². The zero-order valence-corrected chi connectivity index (χ0v) is 21.8. The highest BCUT2D eigenvalue weighted by Crippen LogP contribution is 2.31. The van der Waals surface area contributed by atoms with Gasteiger partial charge in [0.05, 0.1) is 13.7 Å². The molecule has 0 unspecified atom stereocenters. The standard InChI is InChI=1S/C26H22Br2N2O4/c1-3-33-22-6-4-5-21(14-22)30-26(31)19(15-29)11-17-7-10-24(25(12-17)32-2)34-16-18-8-9-20(27)13-23(18)28/h4-14H,3,16H2,1-2H3,(H,30,31)/b19-11-. The molecule has 0 aliphatic rings. The van der Waals surface area contributed by atoms with Gasteiger partial charge in [-0.25, -0.2) is 0 Å². The quantitative estimate of drug-likeness (QED) is 0.222. The van der Waals surface area contributed by atoms with Crippen LogP contribution in [0.1, 0.15) is 18.1 Å². The predicted molar refractivity (Wildman–Crippen MR) is 139 cm³/mol. The minimum Gasteiger partial charge on any atom is -0.494 e. The highest BCUT2D eigenvalue weighted by atomic mass is 79.9. The summed E-state index contributed by atoms with van der Waals surface area (Å²) in [5, 5.41) is 12.3. The third kappa shape index (κ3) is 6.86. The number of benzene rings is 3. The highest BCUT2D eigenvalue weighted by Gasteiger charge is 2.12.